The second kappa shape index (κ2) is 7.86. The molecule has 0 amide bonds. The van der Waals surface area contributed by atoms with E-state index in [0.717, 1.165) is 23.5 Å². The van der Waals surface area contributed by atoms with Gasteiger partial charge in [-0.25, -0.2) is 4.39 Å². The quantitative estimate of drug-likeness (QED) is 0.782. The molecule has 3 nitrogen and oxygen atoms in total. The molecule has 1 heterocycles. The molecule has 1 aromatic rings. The number of halogens is 1. The summed E-state index contributed by atoms with van der Waals surface area (Å²) < 4.78 is 18.5. The van der Waals surface area contributed by atoms with Crippen molar-refractivity contribution in [1.82, 2.24) is 5.32 Å². The Kier molecular flexibility index (Phi) is 6.13. The maximum absolute atomic E-state index is 13.5. The standard InChI is InChI=1S/C15H23FN2OS/c1-18(14-5-8-20-11-14)15-4-3-13(16)9-12(15)10-17-6-7-19-2/h3-4,9,14,17H,5-8,10-11H2,1-2H3. The van der Waals surface area contributed by atoms with E-state index in [1.165, 1.54) is 12.2 Å². The fourth-order valence-corrected chi connectivity index (χ4v) is 3.73. The van der Waals surface area contributed by atoms with Gasteiger partial charge in [0.2, 0.25) is 0 Å². The lowest BCUT2D eigenvalue weighted by molar-refractivity contribution is 0.199. The first-order valence-corrected chi connectivity index (χ1v) is 8.16. The molecule has 20 heavy (non-hydrogen) atoms. The number of thioether (sulfide) groups is 1. The first-order valence-electron chi connectivity index (χ1n) is 7.01. The smallest absolute Gasteiger partial charge is 0.123 e. The zero-order chi connectivity index (χ0) is 14.4. The monoisotopic (exact) mass is 298 g/mol. The molecule has 0 aromatic heterocycles. The highest BCUT2D eigenvalue weighted by molar-refractivity contribution is 7.99. The van der Waals surface area contributed by atoms with Gasteiger partial charge in [-0.2, -0.15) is 11.8 Å². The SMILES string of the molecule is COCCNCc1cc(F)ccc1N(C)C1CCSC1. The summed E-state index contributed by atoms with van der Waals surface area (Å²) in [5.41, 5.74) is 2.14. The third-order valence-corrected chi connectivity index (χ3v) is 4.82. The highest BCUT2D eigenvalue weighted by atomic mass is 32.2. The van der Waals surface area contributed by atoms with Crippen molar-refractivity contribution in [1.29, 1.82) is 0 Å². The van der Waals surface area contributed by atoms with Crippen LogP contribution in [0.25, 0.3) is 0 Å². The summed E-state index contributed by atoms with van der Waals surface area (Å²) in [5.74, 6) is 2.20. The van der Waals surface area contributed by atoms with Crippen LogP contribution in [-0.4, -0.2) is 44.9 Å². The normalized spacial score (nSPS) is 18.4. The van der Waals surface area contributed by atoms with Crippen LogP contribution in [0.5, 0.6) is 0 Å². The van der Waals surface area contributed by atoms with Crippen molar-refractivity contribution in [3.05, 3.63) is 29.6 Å². The molecule has 1 saturated heterocycles. The second-order valence-corrected chi connectivity index (χ2v) is 6.22. The zero-order valence-electron chi connectivity index (χ0n) is 12.2. The van der Waals surface area contributed by atoms with E-state index in [4.69, 9.17) is 4.74 Å². The van der Waals surface area contributed by atoms with E-state index in [-0.39, 0.29) is 5.82 Å². The molecule has 1 aliphatic rings. The van der Waals surface area contributed by atoms with Crippen molar-refractivity contribution >= 4 is 17.4 Å². The Balaban J connectivity index is 2.06. The summed E-state index contributed by atoms with van der Waals surface area (Å²) in [4.78, 5) is 2.30. The predicted molar refractivity (Wildman–Crippen MR) is 84.1 cm³/mol. The Morgan fingerprint density at radius 2 is 2.35 bits per heavy atom. The average molecular weight is 298 g/mol. The largest absolute Gasteiger partial charge is 0.383 e. The van der Waals surface area contributed by atoms with Gasteiger partial charge >= 0.3 is 0 Å². The van der Waals surface area contributed by atoms with Crippen LogP contribution in [0, 0.1) is 5.82 Å². The maximum Gasteiger partial charge on any atom is 0.123 e. The maximum atomic E-state index is 13.5. The molecule has 1 aromatic carbocycles. The second-order valence-electron chi connectivity index (χ2n) is 5.07. The lowest BCUT2D eigenvalue weighted by atomic mass is 10.1. The van der Waals surface area contributed by atoms with Crippen molar-refractivity contribution in [3.8, 4) is 0 Å². The van der Waals surface area contributed by atoms with Gasteiger partial charge in [-0.1, -0.05) is 0 Å². The number of hydrogen-bond acceptors (Lipinski definition) is 4. The van der Waals surface area contributed by atoms with Gasteiger partial charge in [-0.3, -0.25) is 0 Å². The fourth-order valence-electron chi connectivity index (χ4n) is 2.46. The minimum Gasteiger partial charge on any atom is -0.383 e. The molecular formula is C15H23FN2OS. The van der Waals surface area contributed by atoms with Gasteiger partial charge in [0.15, 0.2) is 0 Å². The molecule has 0 spiro atoms. The Labute approximate surface area is 124 Å². The van der Waals surface area contributed by atoms with E-state index in [1.807, 2.05) is 17.8 Å². The number of hydrogen-bond donors (Lipinski definition) is 1. The lowest BCUT2D eigenvalue weighted by Gasteiger charge is -2.28. The summed E-state index contributed by atoms with van der Waals surface area (Å²) in [6, 6.07) is 5.63. The topological polar surface area (TPSA) is 24.5 Å². The summed E-state index contributed by atoms with van der Waals surface area (Å²) in [6.07, 6.45) is 1.20. The van der Waals surface area contributed by atoms with Crippen molar-refractivity contribution in [2.75, 3.05) is 43.7 Å². The van der Waals surface area contributed by atoms with Crippen molar-refractivity contribution in [2.45, 2.75) is 19.0 Å². The van der Waals surface area contributed by atoms with Crippen molar-refractivity contribution < 1.29 is 9.13 Å². The number of nitrogens with one attached hydrogen (secondary N) is 1. The first-order chi connectivity index (χ1) is 9.72. The molecule has 1 fully saturated rings. The van der Waals surface area contributed by atoms with Crippen molar-refractivity contribution in [2.24, 2.45) is 0 Å². The van der Waals surface area contributed by atoms with Gasteiger partial charge in [-0.15, -0.1) is 0 Å². The van der Waals surface area contributed by atoms with E-state index in [1.54, 1.807) is 19.2 Å². The molecule has 1 aliphatic heterocycles. The van der Waals surface area contributed by atoms with Gasteiger partial charge in [0.25, 0.3) is 0 Å². The Bertz CT molecular complexity index is 424. The van der Waals surface area contributed by atoms with Crippen LogP contribution in [0.3, 0.4) is 0 Å². The summed E-state index contributed by atoms with van der Waals surface area (Å²) >= 11 is 1.99. The predicted octanol–water partition coefficient (Wildman–Crippen LogP) is 2.50. The number of nitrogens with zero attached hydrogens (tertiary/aromatic N) is 1. The number of methoxy groups -OCH3 is 1. The number of anilines is 1. The van der Waals surface area contributed by atoms with E-state index in [0.29, 0.717) is 19.2 Å². The average Bonchev–Trinajstić information content (AvgIpc) is 2.97. The van der Waals surface area contributed by atoms with Gasteiger partial charge < -0.3 is 15.0 Å². The summed E-state index contributed by atoms with van der Waals surface area (Å²) in [7, 11) is 3.79. The van der Waals surface area contributed by atoms with Crippen LogP contribution < -0.4 is 10.2 Å². The summed E-state index contributed by atoms with van der Waals surface area (Å²) in [5, 5.41) is 3.29. The molecular weight excluding hydrogens is 275 g/mol. The van der Waals surface area contributed by atoms with Crippen LogP contribution in [0.2, 0.25) is 0 Å². The molecule has 0 bridgehead atoms. The Morgan fingerprint density at radius 1 is 1.50 bits per heavy atom. The molecule has 5 heteroatoms. The van der Waals surface area contributed by atoms with Gasteiger partial charge in [0.1, 0.15) is 5.82 Å². The van der Waals surface area contributed by atoms with Crippen LogP contribution in [0.15, 0.2) is 18.2 Å². The Morgan fingerprint density at radius 3 is 3.05 bits per heavy atom. The third kappa shape index (κ3) is 4.11. The van der Waals surface area contributed by atoms with Gasteiger partial charge in [0.05, 0.1) is 6.61 Å². The lowest BCUT2D eigenvalue weighted by Crippen LogP contribution is -2.32. The third-order valence-electron chi connectivity index (χ3n) is 3.67. The van der Waals surface area contributed by atoms with E-state index < -0.39 is 0 Å². The molecule has 1 atom stereocenters. The first kappa shape index (κ1) is 15.6. The molecule has 0 radical (unpaired) electrons. The fraction of sp³-hybridized carbons (Fsp3) is 0.600. The van der Waals surface area contributed by atoms with Crippen LogP contribution >= 0.6 is 11.8 Å². The van der Waals surface area contributed by atoms with Gasteiger partial charge in [0, 0.05) is 44.7 Å². The van der Waals surface area contributed by atoms with E-state index >= 15 is 0 Å². The Hall–Kier alpha value is -0.780. The van der Waals surface area contributed by atoms with E-state index in [2.05, 4.69) is 17.3 Å². The van der Waals surface area contributed by atoms with Crippen LogP contribution in [0.1, 0.15) is 12.0 Å². The van der Waals surface area contributed by atoms with Gasteiger partial charge in [-0.05, 0) is 35.9 Å². The molecule has 0 saturated carbocycles. The zero-order valence-corrected chi connectivity index (χ0v) is 13.0. The summed E-state index contributed by atoms with van der Waals surface area (Å²) in [6.45, 7) is 2.11. The van der Waals surface area contributed by atoms with Crippen molar-refractivity contribution in [3.63, 3.8) is 0 Å². The number of benzene rings is 1. The highest BCUT2D eigenvalue weighted by Gasteiger charge is 2.22. The number of rotatable bonds is 7. The van der Waals surface area contributed by atoms with E-state index in [9.17, 15) is 4.39 Å². The molecule has 0 aliphatic carbocycles. The van der Waals surface area contributed by atoms with Crippen LogP contribution in [-0.2, 0) is 11.3 Å². The minimum atomic E-state index is -0.175. The highest BCUT2D eigenvalue weighted by Crippen LogP contribution is 2.28. The molecule has 2 rings (SSSR count). The van der Waals surface area contributed by atoms with Crippen LogP contribution in [0.4, 0.5) is 10.1 Å². The molecule has 1 N–H and O–H groups in total. The molecule has 1 unspecified atom stereocenters. The number of ether oxygens (including phenoxy) is 1. The minimum absolute atomic E-state index is 0.175. The molecule has 112 valence electrons.